The van der Waals surface area contributed by atoms with E-state index >= 15 is 0 Å². The van der Waals surface area contributed by atoms with E-state index in [0.717, 1.165) is 32.4 Å². The molecule has 102 valence electrons. The number of amides is 1. The molecule has 1 aliphatic carbocycles. The summed E-state index contributed by atoms with van der Waals surface area (Å²) in [7, 11) is 0. The first-order chi connectivity index (χ1) is 8.58. The van der Waals surface area contributed by atoms with Crippen molar-refractivity contribution in [2.45, 2.75) is 50.0 Å². The molecule has 1 heterocycles. The Bertz CT molecular complexity index is 324. The van der Waals surface area contributed by atoms with Crippen LogP contribution < -0.4 is 0 Å². The molecule has 1 aliphatic heterocycles. The van der Waals surface area contributed by atoms with Crippen LogP contribution in [-0.2, 0) is 14.3 Å². The molecule has 1 unspecified atom stereocenters. The van der Waals surface area contributed by atoms with Gasteiger partial charge in [0.2, 0.25) is 0 Å². The average Bonchev–Trinajstić information content (AvgIpc) is 2.98. The molecule has 1 saturated carbocycles. The zero-order valence-electron chi connectivity index (χ0n) is 10.7. The summed E-state index contributed by atoms with van der Waals surface area (Å²) in [6.07, 6.45) is 4.68. The maximum atomic E-state index is 12.0. The van der Waals surface area contributed by atoms with E-state index in [9.17, 15) is 9.59 Å². The molecule has 0 spiro atoms. The minimum absolute atomic E-state index is 0.0630. The van der Waals surface area contributed by atoms with Crippen LogP contribution in [0.25, 0.3) is 0 Å². The van der Waals surface area contributed by atoms with Crippen molar-refractivity contribution in [3.63, 3.8) is 0 Å². The molecule has 0 N–H and O–H groups in total. The molecule has 0 radical (unpaired) electrons. The van der Waals surface area contributed by atoms with E-state index in [1.807, 2.05) is 0 Å². The predicted molar refractivity (Wildman–Crippen MR) is 71.4 cm³/mol. The molecule has 0 aromatic carbocycles. The summed E-state index contributed by atoms with van der Waals surface area (Å²) >= 11 is 3.35. The predicted octanol–water partition coefficient (Wildman–Crippen LogP) is 2.10. The Morgan fingerprint density at radius 3 is 2.50 bits per heavy atom. The number of ether oxygens (including phenoxy) is 1. The molecule has 1 saturated heterocycles. The minimum Gasteiger partial charge on any atom is -0.452 e. The van der Waals surface area contributed by atoms with Gasteiger partial charge in [-0.05, 0) is 32.1 Å². The van der Waals surface area contributed by atoms with Gasteiger partial charge in [-0.25, -0.2) is 0 Å². The van der Waals surface area contributed by atoms with Gasteiger partial charge < -0.3 is 9.64 Å². The average molecular weight is 318 g/mol. The van der Waals surface area contributed by atoms with Crippen LogP contribution >= 0.6 is 15.9 Å². The Kier molecular flexibility index (Phi) is 4.65. The highest BCUT2D eigenvalue weighted by Gasteiger charge is 2.31. The molecule has 5 heteroatoms. The summed E-state index contributed by atoms with van der Waals surface area (Å²) in [5.74, 6) is 0.292. The number of rotatable bonds is 5. The number of hydrogen-bond acceptors (Lipinski definition) is 3. The molecule has 18 heavy (non-hydrogen) atoms. The molecule has 1 amide bonds. The first-order valence-corrected chi connectivity index (χ1v) is 7.63. The molecule has 0 bridgehead atoms. The Morgan fingerprint density at radius 1 is 1.33 bits per heavy atom. The molecule has 0 aromatic rings. The lowest BCUT2D eigenvalue weighted by Gasteiger charge is -2.21. The van der Waals surface area contributed by atoms with Crippen LogP contribution in [0, 0.1) is 5.92 Å². The van der Waals surface area contributed by atoms with Crippen LogP contribution in [0.4, 0.5) is 0 Å². The number of esters is 1. The molecule has 4 nitrogen and oxygen atoms in total. The van der Waals surface area contributed by atoms with Gasteiger partial charge in [0.1, 0.15) is 4.83 Å². The molecular formula is C13H20BrNO3. The first kappa shape index (κ1) is 13.8. The third-order valence-electron chi connectivity index (χ3n) is 3.55. The highest BCUT2D eigenvalue weighted by Crippen LogP contribution is 2.35. The minimum atomic E-state index is -0.658. The van der Waals surface area contributed by atoms with E-state index in [1.165, 1.54) is 12.8 Å². The fourth-order valence-corrected chi connectivity index (χ4v) is 2.87. The highest BCUT2D eigenvalue weighted by molar-refractivity contribution is 9.10. The smallest absolute Gasteiger partial charge is 0.320 e. The second-order valence-corrected chi connectivity index (χ2v) is 6.36. The fourth-order valence-electron chi connectivity index (χ4n) is 2.24. The molecule has 2 fully saturated rings. The lowest BCUT2D eigenvalue weighted by Crippen LogP contribution is -2.39. The molecule has 2 rings (SSSR count). The molecule has 2 aliphatic rings. The topological polar surface area (TPSA) is 46.6 Å². The standard InChI is InChI=1S/C13H20BrNO3/c1-9(12(16)15-6-2-3-7-15)18-13(17)11(14)8-10-4-5-10/h9-11H,2-8H2,1H3/t9-,11?/m0/s1. The van der Waals surface area contributed by atoms with Crippen molar-refractivity contribution in [3.8, 4) is 0 Å². The van der Waals surface area contributed by atoms with Crippen LogP contribution in [0.5, 0.6) is 0 Å². The maximum Gasteiger partial charge on any atom is 0.320 e. The number of likely N-dealkylation sites (tertiary alicyclic amines) is 1. The summed E-state index contributed by atoms with van der Waals surface area (Å²) in [5.41, 5.74) is 0. The summed E-state index contributed by atoms with van der Waals surface area (Å²) < 4.78 is 5.24. The number of hydrogen-bond donors (Lipinski definition) is 0. The molecule has 2 atom stereocenters. The van der Waals surface area contributed by atoms with Crippen LogP contribution in [0.3, 0.4) is 0 Å². The van der Waals surface area contributed by atoms with Crippen molar-refractivity contribution in [2.75, 3.05) is 13.1 Å². The van der Waals surface area contributed by atoms with E-state index in [4.69, 9.17) is 4.74 Å². The summed E-state index contributed by atoms with van der Waals surface area (Å²) in [6.45, 7) is 3.25. The number of carbonyl (C=O) groups is 2. The Hall–Kier alpha value is -0.580. The second kappa shape index (κ2) is 6.04. The number of carbonyl (C=O) groups excluding carboxylic acids is 2. The zero-order chi connectivity index (χ0) is 13.1. The van der Waals surface area contributed by atoms with Gasteiger partial charge in [0.25, 0.3) is 5.91 Å². The largest absolute Gasteiger partial charge is 0.452 e. The van der Waals surface area contributed by atoms with Gasteiger partial charge in [0.15, 0.2) is 6.10 Å². The third-order valence-corrected chi connectivity index (χ3v) is 4.30. The van der Waals surface area contributed by atoms with Crippen molar-refractivity contribution in [2.24, 2.45) is 5.92 Å². The quantitative estimate of drug-likeness (QED) is 0.576. The monoisotopic (exact) mass is 317 g/mol. The summed E-state index contributed by atoms with van der Waals surface area (Å²) in [6, 6.07) is 0. The van der Waals surface area contributed by atoms with Crippen LogP contribution in [0.2, 0.25) is 0 Å². The van der Waals surface area contributed by atoms with Gasteiger partial charge in [-0.3, -0.25) is 9.59 Å². The maximum absolute atomic E-state index is 12.0. The van der Waals surface area contributed by atoms with E-state index in [0.29, 0.717) is 5.92 Å². The molecule has 0 aromatic heterocycles. The van der Waals surface area contributed by atoms with Gasteiger partial charge in [0, 0.05) is 13.1 Å². The van der Waals surface area contributed by atoms with Crippen molar-refractivity contribution in [1.29, 1.82) is 0 Å². The van der Waals surface area contributed by atoms with Crippen LogP contribution in [-0.4, -0.2) is 40.8 Å². The summed E-state index contributed by atoms with van der Waals surface area (Å²) in [5, 5.41) is 0. The SMILES string of the molecule is C[C@H](OC(=O)C(Br)CC1CC1)C(=O)N1CCCC1. The Labute approximate surface area is 116 Å². The van der Waals surface area contributed by atoms with Crippen molar-refractivity contribution in [1.82, 2.24) is 4.90 Å². The third kappa shape index (κ3) is 3.70. The normalized spacial score (nSPS) is 22.7. The Morgan fingerprint density at radius 2 is 1.94 bits per heavy atom. The van der Waals surface area contributed by atoms with Gasteiger partial charge in [-0.1, -0.05) is 28.8 Å². The van der Waals surface area contributed by atoms with Gasteiger partial charge >= 0.3 is 5.97 Å². The van der Waals surface area contributed by atoms with Crippen molar-refractivity contribution < 1.29 is 14.3 Å². The van der Waals surface area contributed by atoms with Crippen LogP contribution in [0.1, 0.15) is 39.0 Å². The van der Waals surface area contributed by atoms with E-state index in [-0.39, 0.29) is 16.7 Å². The van der Waals surface area contributed by atoms with E-state index in [1.54, 1.807) is 11.8 Å². The lowest BCUT2D eigenvalue weighted by atomic mass is 10.2. The second-order valence-electron chi connectivity index (χ2n) is 5.26. The lowest BCUT2D eigenvalue weighted by molar-refractivity contribution is -0.158. The highest BCUT2D eigenvalue weighted by atomic mass is 79.9. The number of nitrogens with zero attached hydrogens (tertiary/aromatic N) is 1. The van der Waals surface area contributed by atoms with Gasteiger partial charge in [-0.15, -0.1) is 0 Å². The summed E-state index contributed by atoms with van der Waals surface area (Å²) in [4.78, 5) is 25.3. The van der Waals surface area contributed by atoms with Gasteiger partial charge in [0.05, 0.1) is 0 Å². The fraction of sp³-hybridized carbons (Fsp3) is 0.846. The van der Waals surface area contributed by atoms with Crippen LogP contribution in [0.15, 0.2) is 0 Å². The van der Waals surface area contributed by atoms with E-state index in [2.05, 4.69) is 15.9 Å². The van der Waals surface area contributed by atoms with Crippen molar-refractivity contribution in [3.05, 3.63) is 0 Å². The zero-order valence-corrected chi connectivity index (χ0v) is 12.3. The van der Waals surface area contributed by atoms with Gasteiger partial charge in [-0.2, -0.15) is 0 Å². The van der Waals surface area contributed by atoms with E-state index < -0.39 is 6.10 Å². The van der Waals surface area contributed by atoms with Crippen molar-refractivity contribution >= 4 is 27.8 Å². The first-order valence-electron chi connectivity index (χ1n) is 6.71. The number of halogens is 1. The Balaban J connectivity index is 1.76. The molecular weight excluding hydrogens is 298 g/mol. The number of alkyl halides is 1.